The van der Waals surface area contributed by atoms with Gasteiger partial charge >= 0.3 is 5.97 Å². The molecule has 0 aromatic heterocycles. The zero-order valence-corrected chi connectivity index (χ0v) is 12.3. The number of benzene rings is 2. The molecule has 102 valence electrons. The molecule has 0 heterocycles. The molecular weight excluding hydrogens is 267 g/mol. The zero-order valence-electron chi connectivity index (χ0n) is 11.4. The second kappa shape index (κ2) is 7.62. The summed E-state index contributed by atoms with van der Waals surface area (Å²) in [6.45, 7) is 2.21. The van der Waals surface area contributed by atoms with Gasteiger partial charge in [0.1, 0.15) is 0 Å². The van der Waals surface area contributed by atoms with Crippen LogP contribution in [0.2, 0.25) is 0 Å². The van der Waals surface area contributed by atoms with Crippen LogP contribution in [0.5, 0.6) is 0 Å². The van der Waals surface area contributed by atoms with Gasteiger partial charge in [-0.15, -0.1) is 0 Å². The first-order valence-electron chi connectivity index (χ1n) is 6.55. The molecule has 0 spiro atoms. The molecule has 0 N–H and O–H groups in total. The highest BCUT2D eigenvalue weighted by Gasteiger charge is 2.10. The molecule has 2 aromatic rings. The molecule has 0 aliphatic rings. The SMILES string of the molecule is CCOC(=O)C=CP(c1ccccc1)c1ccccc1. The van der Waals surface area contributed by atoms with Crippen LogP contribution in [0.4, 0.5) is 0 Å². The Bertz CT molecular complexity index is 525. The Hall–Kier alpha value is -1.92. The molecular formula is C17H17O2P. The van der Waals surface area contributed by atoms with Crippen LogP contribution in [0.1, 0.15) is 6.92 Å². The average molecular weight is 284 g/mol. The second-order valence-corrected chi connectivity index (χ2v) is 6.18. The van der Waals surface area contributed by atoms with Crippen molar-refractivity contribution in [2.45, 2.75) is 6.92 Å². The van der Waals surface area contributed by atoms with E-state index in [1.807, 2.05) is 49.1 Å². The molecule has 0 bridgehead atoms. The zero-order chi connectivity index (χ0) is 14.2. The van der Waals surface area contributed by atoms with Crippen molar-refractivity contribution in [2.24, 2.45) is 0 Å². The fourth-order valence-electron chi connectivity index (χ4n) is 1.82. The highest BCUT2D eigenvalue weighted by molar-refractivity contribution is 7.75. The van der Waals surface area contributed by atoms with Gasteiger partial charge in [0.15, 0.2) is 0 Å². The lowest BCUT2D eigenvalue weighted by Gasteiger charge is -2.14. The fourth-order valence-corrected chi connectivity index (χ4v) is 3.72. The Labute approximate surface area is 120 Å². The monoisotopic (exact) mass is 284 g/mol. The summed E-state index contributed by atoms with van der Waals surface area (Å²) in [5.74, 6) is 1.67. The van der Waals surface area contributed by atoms with Crippen LogP contribution in [-0.2, 0) is 9.53 Å². The number of hydrogen-bond acceptors (Lipinski definition) is 2. The predicted octanol–water partition coefficient (Wildman–Crippen LogP) is 3.20. The summed E-state index contributed by atoms with van der Waals surface area (Å²) in [5.41, 5.74) is 0. The van der Waals surface area contributed by atoms with Crippen molar-refractivity contribution >= 4 is 24.5 Å². The van der Waals surface area contributed by atoms with Crippen LogP contribution >= 0.6 is 7.92 Å². The van der Waals surface area contributed by atoms with E-state index >= 15 is 0 Å². The Morgan fingerprint density at radius 2 is 1.50 bits per heavy atom. The van der Waals surface area contributed by atoms with Crippen molar-refractivity contribution in [1.29, 1.82) is 0 Å². The Kier molecular flexibility index (Phi) is 5.52. The summed E-state index contributed by atoms with van der Waals surface area (Å²) in [7, 11) is -0.676. The maximum absolute atomic E-state index is 11.5. The molecule has 0 unspecified atom stereocenters. The van der Waals surface area contributed by atoms with E-state index in [2.05, 4.69) is 24.3 Å². The minimum Gasteiger partial charge on any atom is -0.463 e. The molecule has 0 saturated heterocycles. The maximum atomic E-state index is 11.5. The minimum absolute atomic E-state index is 0.285. The molecule has 2 nitrogen and oxygen atoms in total. The number of hydrogen-bond donors (Lipinski definition) is 0. The van der Waals surface area contributed by atoms with Crippen LogP contribution in [0, 0.1) is 0 Å². The lowest BCUT2D eigenvalue weighted by Crippen LogP contribution is -2.10. The average Bonchev–Trinajstić information content (AvgIpc) is 2.50. The van der Waals surface area contributed by atoms with Crippen molar-refractivity contribution in [1.82, 2.24) is 0 Å². The summed E-state index contributed by atoms with van der Waals surface area (Å²) in [5, 5.41) is 2.43. The summed E-state index contributed by atoms with van der Waals surface area (Å²) in [6.07, 6.45) is 1.54. The van der Waals surface area contributed by atoms with Gasteiger partial charge in [-0.05, 0) is 31.3 Å². The smallest absolute Gasteiger partial charge is 0.330 e. The predicted molar refractivity (Wildman–Crippen MR) is 84.8 cm³/mol. The number of carbonyl (C=O) groups is 1. The van der Waals surface area contributed by atoms with E-state index in [0.717, 1.165) is 0 Å². The van der Waals surface area contributed by atoms with Gasteiger partial charge in [-0.3, -0.25) is 0 Å². The van der Waals surface area contributed by atoms with Crippen molar-refractivity contribution in [3.8, 4) is 0 Å². The molecule has 0 aliphatic heterocycles. The van der Waals surface area contributed by atoms with Crippen molar-refractivity contribution < 1.29 is 9.53 Å². The molecule has 0 fully saturated rings. The van der Waals surface area contributed by atoms with Gasteiger partial charge in [0.2, 0.25) is 0 Å². The third-order valence-corrected chi connectivity index (χ3v) is 4.87. The topological polar surface area (TPSA) is 26.3 Å². The van der Waals surface area contributed by atoms with Gasteiger partial charge in [-0.1, -0.05) is 60.7 Å². The normalized spacial score (nSPS) is 10.9. The van der Waals surface area contributed by atoms with E-state index in [9.17, 15) is 4.79 Å². The largest absolute Gasteiger partial charge is 0.463 e. The summed E-state index contributed by atoms with van der Waals surface area (Å²) < 4.78 is 4.95. The first kappa shape index (κ1) is 14.5. The third kappa shape index (κ3) is 4.04. The summed E-state index contributed by atoms with van der Waals surface area (Å²) in [4.78, 5) is 11.5. The van der Waals surface area contributed by atoms with Gasteiger partial charge in [-0.25, -0.2) is 4.79 Å². The number of rotatable bonds is 5. The Balaban J connectivity index is 2.28. The lowest BCUT2D eigenvalue weighted by atomic mass is 10.4. The molecule has 0 amide bonds. The molecule has 0 aliphatic carbocycles. The number of carbonyl (C=O) groups excluding carboxylic acids is 1. The van der Waals surface area contributed by atoms with Crippen molar-refractivity contribution in [2.75, 3.05) is 6.61 Å². The van der Waals surface area contributed by atoms with Crippen LogP contribution in [0.3, 0.4) is 0 Å². The number of ether oxygens (including phenoxy) is 1. The molecule has 0 atom stereocenters. The van der Waals surface area contributed by atoms with E-state index in [1.165, 1.54) is 16.7 Å². The quantitative estimate of drug-likeness (QED) is 0.479. The fraction of sp³-hybridized carbons (Fsp3) is 0.118. The third-order valence-electron chi connectivity index (χ3n) is 2.72. The molecule has 3 heteroatoms. The Morgan fingerprint density at radius 3 is 1.95 bits per heavy atom. The first-order chi connectivity index (χ1) is 9.81. The van der Waals surface area contributed by atoms with Gasteiger partial charge < -0.3 is 4.74 Å². The summed E-state index contributed by atoms with van der Waals surface area (Å²) in [6, 6.07) is 20.4. The maximum Gasteiger partial charge on any atom is 0.330 e. The number of esters is 1. The van der Waals surface area contributed by atoms with E-state index in [4.69, 9.17) is 4.74 Å². The van der Waals surface area contributed by atoms with E-state index in [-0.39, 0.29) is 5.97 Å². The first-order valence-corrected chi connectivity index (χ1v) is 7.96. The standard InChI is InChI=1S/C17H17O2P/c1-2-19-17(18)13-14-20(15-9-5-3-6-10-15)16-11-7-4-8-12-16/h3-14H,2H2,1H3. The van der Waals surface area contributed by atoms with Crippen LogP contribution in [0.15, 0.2) is 72.6 Å². The highest BCUT2D eigenvalue weighted by atomic mass is 31.1. The lowest BCUT2D eigenvalue weighted by molar-refractivity contribution is -0.137. The van der Waals surface area contributed by atoms with E-state index in [0.29, 0.717) is 6.61 Å². The molecule has 0 saturated carbocycles. The molecule has 2 rings (SSSR count). The van der Waals surface area contributed by atoms with E-state index in [1.54, 1.807) is 0 Å². The van der Waals surface area contributed by atoms with Crippen LogP contribution in [-0.4, -0.2) is 12.6 Å². The molecule has 20 heavy (non-hydrogen) atoms. The van der Waals surface area contributed by atoms with Crippen molar-refractivity contribution in [3.05, 3.63) is 72.6 Å². The second-order valence-electron chi connectivity index (χ2n) is 4.11. The summed E-state index contributed by atoms with van der Waals surface area (Å²) >= 11 is 0. The highest BCUT2D eigenvalue weighted by Crippen LogP contribution is 2.34. The van der Waals surface area contributed by atoms with Gasteiger partial charge in [0.05, 0.1) is 6.61 Å². The molecule has 2 aromatic carbocycles. The van der Waals surface area contributed by atoms with Crippen molar-refractivity contribution in [3.63, 3.8) is 0 Å². The van der Waals surface area contributed by atoms with E-state index < -0.39 is 7.92 Å². The van der Waals surface area contributed by atoms with Crippen LogP contribution < -0.4 is 10.6 Å². The van der Waals surface area contributed by atoms with Gasteiger partial charge in [0.25, 0.3) is 0 Å². The molecule has 0 radical (unpaired) electrons. The van der Waals surface area contributed by atoms with Crippen LogP contribution in [0.25, 0.3) is 0 Å². The van der Waals surface area contributed by atoms with Gasteiger partial charge in [-0.2, -0.15) is 0 Å². The minimum atomic E-state index is -0.676. The Morgan fingerprint density at radius 1 is 1.00 bits per heavy atom. The van der Waals surface area contributed by atoms with Gasteiger partial charge in [0, 0.05) is 6.08 Å².